The minimum Gasteiger partial charge on any atom is -0.475 e. The number of amides is 1. The van der Waals surface area contributed by atoms with E-state index >= 15 is 0 Å². The molecule has 1 amide bonds. The molecule has 45 heavy (non-hydrogen) atoms. The number of hydrogen-bond donors (Lipinski definition) is 1. The third-order valence-electron chi connectivity index (χ3n) is 7.61. The van der Waals surface area contributed by atoms with E-state index in [9.17, 15) is 13.2 Å². The van der Waals surface area contributed by atoms with Crippen molar-refractivity contribution in [1.29, 1.82) is 0 Å². The van der Waals surface area contributed by atoms with Gasteiger partial charge in [0.25, 0.3) is 15.9 Å². The maximum absolute atomic E-state index is 14.3. The number of aryl methyl sites for hydroxylation is 2. The van der Waals surface area contributed by atoms with Crippen molar-refractivity contribution in [2.45, 2.75) is 65.4 Å². The molecule has 0 fully saturated rings. The van der Waals surface area contributed by atoms with Gasteiger partial charge < -0.3 is 9.64 Å². The van der Waals surface area contributed by atoms with Crippen molar-refractivity contribution in [2.75, 3.05) is 11.3 Å². The van der Waals surface area contributed by atoms with Crippen LogP contribution in [0, 0.1) is 19.3 Å². The first-order valence-electron chi connectivity index (χ1n) is 14.8. The first-order chi connectivity index (χ1) is 21.2. The largest absolute Gasteiger partial charge is 0.475 e. The first kappa shape index (κ1) is 31.8. The summed E-state index contributed by atoms with van der Waals surface area (Å²) in [6.07, 6.45) is 0.594. The highest BCUT2D eigenvalue weighted by Gasteiger charge is 2.32. The second-order valence-corrected chi connectivity index (χ2v) is 14.5. The van der Waals surface area contributed by atoms with E-state index in [2.05, 4.69) is 42.0 Å². The van der Waals surface area contributed by atoms with Crippen LogP contribution in [-0.4, -0.2) is 46.8 Å². The Bertz CT molecular complexity index is 1860. The van der Waals surface area contributed by atoms with Crippen molar-refractivity contribution >= 4 is 27.5 Å². The van der Waals surface area contributed by atoms with Crippen molar-refractivity contribution < 1.29 is 17.9 Å². The number of pyridine rings is 1. The average molecular weight is 626 g/mol. The van der Waals surface area contributed by atoms with Crippen molar-refractivity contribution in [3.8, 4) is 17.1 Å². The van der Waals surface area contributed by atoms with Crippen LogP contribution in [0.25, 0.3) is 16.8 Å². The molecule has 2 aromatic carbocycles. The summed E-state index contributed by atoms with van der Waals surface area (Å²) in [5.41, 5.74) is 5.63. The second-order valence-electron chi connectivity index (χ2n) is 12.8. The molecule has 0 radical (unpaired) electrons. The molecule has 0 aliphatic carbocycles. The number of rotatable bonds is 5. The van der Waals surface area contributed by atoms with Crippen molar-refractivity contribution in [3.63, 3.8) is 0 Å². The summed E-state index contributed by atoms with van der Waals surface area (Å²) in [5, 5.41) is 0. The molecule has 1 N–H and O–H groups in total. The van der Waals surface area contributed by atoms with Crippen LogP contribution < -0.4 is 9.46 Å². The Labute approximate surface area is 265 Å². The molecular weight excluding hydrogens is 586 g/mol. The quantitative estimate of drug-likeness (QED) is 0.259. The van der Waals surface area contributed by atoms with E-state index < -0.39 is 16.1 Å². The third kappa shape index (κ3) is 7.39. The first-order valence-corrected chi connectivity index (χ1v) is 16.3. The molecule has 5 rings (SSSR count). The van der Waals surface area contributed by atoms with Gasteiger partial charge in [0.1, 0.15) is 6.61 Å². The van der Waals surface area contributed by atoms with Crippen LogP contribution in [0.15, 0.2) is 78.2 Å². The number of carbonyl (C=O) groups is 1. The van der Waals surface area contributed by atoms with Crippen molar-refractivity contribution in [2.24, 2.45) is 5.41 Å². The van der Waals surface area contributed by atoms with E-state index in [1.165, 1.54) is 12.1 Å². The molecule has 9 nitrogen and oxygen atoms in total. The topological polar surface area (TPSA) is 114 Å². The zero-order valence-corrected chi connectivity index (χ0v) is 27.4. The van der Waals surface area contributed by atoms with Crippen LogP contribution in [0.2, 0.25) is 0 Å². The summed E-state index contributed by atoms with van der Waals surface area (Å²) in [5.74, 6) is -0.258. The maximum atomic E-state index is 14.3. The lowest BCUT2D eigenvalue weighted by atomic mass is 9.87. The van der Waals surface area contributed by atoms with Crippen molar-refractivity contribution in [3.05, 3.63) is 101 Å². The van der Waals surface area contributed by atoms with Crippen LogP contribution in [0.4, 0.5) is 5.95 Å². The summed E-state index contributed by atoms with van der Waals surface area (Å²) in [6, 6.07) is 18.9. The number of hydrogen-bond acceptors (Lipinski definition) is 7. The minimum absolute atomic E-state index is 0.0779. The van der Waals surface area contributed by atoms with Crippen LogP contribution in [0.1, 0.15) is 67.0 Å². The number of allylic oxidation sites excluding steroid dienone is 1. The highest BCUT2D eigenvalue weighted by atomic mass is 32.2. The summed E-state index contributed by atoms with van der Waals surface area (Å²) in [4.78, 5) is 29.8. The smallest absolute Gasteiger partial charge is 0.264 e. The number of carbonyl (C=O) groups excluding carboxylic acids is 1. The highest BCUT2D eigenvalue weighted by molar-refractivity contribution is 7.92. The normalized spacial score (nSPS) is 16.4. The summed E-state index contributed by atoms with van der Waals surface area (Å²) < 4.78 is 36.1. The Morgan fingerprint density at radius 3 is 2.38 bits per heavy atom. The van der Waals surface area contributed by atoms with Gasteiger partial charge in [0.2, 0.25) is 11.8 Å². The molecule has 3 heterocycles. The van der Waals surface area contributed by atoms with Crippen LogP contribution in [0.5, 0.6) is 5.88 Å². The zero-order chi connectivity index (χ0) is 32.5. The van der Waals surface area contributed by atoms with Gasteiger partial charge in [-0.2, -0.15) is 4.98 Å². The van der Waals surface area contributed by atoms with E-state index in [0.717, 1.165) is 28.0 Å². The number of nitrogens with zero attached hydrogens (tertiary/aromatic N) is 4. The van der Waals surface area contributed by atoms with Gasteiger partial charge in [-0.3, -0.25) is 9.78 Å². The van der Waals surface area contributed by atoms with Gasteiger partial charge >= 0.3 is 0 Å². The standard InChI is InChI=1S/C35H39N5O4S/c1-22(2)29-16-10-14-26(36-29)20-40-27(19-35(5,6)7)21-44-31-18-30(32-23(3)11-8-12-24(32)4)37-34(38-31)39-45(42,43)28-15-9-13-25(17-28)33(40)41/h8-18,27H,1,19-21H2,2-7H3,(H,37,38,39)/t27-/m1/s1. The van der Waals surface area contributed by atoms with E-state index in [0.29, 0.717) is 17.8 Å². The minimum atomic E-state index is -4.16. The lowest BCUT2D eigenvalue weighted by molar-refractivity contribution is 0.0509. The molecule has 4 bridgehead atoms. The second kappa shape index (κ2) is 12.4. The molecule has 234 valence electrons. The average Bonchev–Trinajstić information content (AvgIpc) is 2.97. The summed E-state index contributed by atoms with van der Waals surface area (Å²) >= 11 is 0. The molecule has 4 aromatic rings. The molecule has 0 saturated heterocycles. The molecule has 1 aliphatic rings. The number of sulfonamides is 1. The predicted molar refractivity (Wildman–Crippen MR) is 176 cm³/mol. The molecule has 2 aromatic heterocycles. The van der Waals surface area contributed by atoms with Gasteiger partial charge in [0.15, 0.2) is 0 Å². The number of aromatic nitrogens is 3. The van der Waals surface area contributed by atoms with Gasteiger partial charge in [-0.05, 0) is 79.6 Å². The Morgan fingerprint density at radius 1 is 1.00 bits per heavy atom. The fourth-order valence-corrected chi connectivity index (χ4v) is 6.52. The van der Waals surface area contributed by atoms with Crippen LogP contribution in [0.3, 0.4) is 0 Å². The SMILES string of the molecule is C=C(C)c1cccc(CN2C(=O)c3cccc(c3)S(=O)(=O)Nc3nc(cc(-c4c(C)cccc4C)n3)OC[C@H]2CC(C)(C)C)n1. The van der Waals surface area contributed by atoms with Gasteiger partial charge in [0.05, 0.1) is 34.6 Å². The fraction of sp³-hybridized carbons (Fsp3) is 0.314. The van der Waals surface area contributed by atoms with Crippen LogP contribution >= 0.6 is 0 Å². The monoisotopic (exact) mass is 625 g/mol. The van der Waals surface area contributed by atoms with E-state index in [-0.39, 0.29) is 46.8 Å². The Kier molecular flexibility index (Phi) is 8.80. The molecule has 0 saturated carbocycles. The Hall–Kier alpha value is -4.57. The highest BCUT2D eigenvalue weighted by Crippen LogP contribution is 2.31. The van der Waals surface area contributed by atoms with Gasteiger partial charge in [0, 0.05) is 17.2 Å². The van der Waals surface area contributed by atoms with Crippen molar-refractivity contribution in [1.82, 2.24) is 19.9 Å². The van der Waals surface area contributed by atoms with Gasteiger partial charge in [-0.1, -0.05) is 57.7 Å². The number of fused-ring (bicyclic) bond motifs is 4. The van der Waals surface area contributed by atoms with Crippen LogP contribution in [-0.2, 0) is 16.6 Å². The Morgan fingerprint density at radius 2 is 1.69 bits per heavy atom. The maximum Gasteiger partial charge on any atom is 0.264 e. The van der Waals surface area contributed by atoms with E-state index in [1.54, 1.807) is 23.1 Å². The number of ether oxygens (including phenoxy) is 1. The molecule has 1 atom stereocenters. The number of nitrogens with one attached hydrogen (secondary N) is 1. The van der Waals surface area contributed by atoms with E-state index in [1.807, 2.05) is 57.2 Å². The lowest BCUT2D eigenvalue weighted by Gasteiger charge is -2.35. The molecule has 0 spiro atoms. The van der Waals surface area contributed by atoms with Gasteiger partial charge in [-0.15, -0.1) is 0 Å². The zero-order valence-electron chi connectivity index (χ0n) is 26.6. The summed E-state index contributed by atoms with van der Waals surface area (Å²) in [7, 11) is -4.16. The molecule has 0 unspecified atom stereocenters. The van der Waals surface area contributed by atoms with E-state index in [4.69, 9.17) is 9.72 Å². The predicted octanol–water partition coefficient (Wildman–Crippen LogP) is 6.83. The number of benzene rings is 2. The lowest BCUT2D eigenvalue weighted by Crippen LogP contribution is -2.45. The Balaban J connectivity index is 1.68. The fourth-order valence-electron chi connectivity index (χ4n) is 5.53. The number of anilines is 1. The molecule has 1 aliphatic heterocycles. The third-order valence-corrected chi connectivity index (χ3v) is 8.93. The molecule has 10 heteroatoms. The summed E-state index contributed by atoms with van der Waals surface area (Å²) in [6.45, 7) is 16.5. The van der Waals surface area contributed by atoms with Gasteiger partial charge in [-0.25, -0.2) is 18.1 Å². The molecular formula is C35H39N5O4S.